The summed E-state index contributed by atoms with van der Waals surface area (Å²) < 4.78 is 0. The van der Waals surface area contributed by atoms with Gasteiger partial charge in [-0.15, -0.1) is 0 Å². The predicted molar refractivity (Wildman–Crippen MR) is 82.9 cm³/mol. The summed E-state index contributed by atoms with van der Waals surface area (Å²) in [5.74, 6) is 0. The lowest BCUT2D eigenvalue weighted by Crippen LogP contribution is -2.62. The van der Waals surface area contributed by atoms with Gasteiger partial charge in [0.15, 0.2) is 0 Å². The summed E-state index contributed by atoms with van der Waals surface area (Å²) in [4.78, 5) is 4.67. The average Bonchev–Trinajstić information content (AvgIpc) is 2.34. The first-order valence-corrected chi connectivity index (χ1v) is 7.07. The van der Waals surface area contributed by atoms with E-state index in [1.54, 1.807) is 0 Å². The Morgan fingerprint density at radius 2 is 1.65 bits per heavy atom. The van der Waals surface area contributed by atoms with Gasteiger partial charge >= 0.3 is 0 Å². The Morgan fingerprint density at radius 1 is 1.10 bits per heavy atom. The number of hydrogen-bond donors (Lipinski definition) is 1. The number of hydrogen-bond acceptors (Lipinski definition) is 3. The SMILES string of the molecule is CC1(C)CC(C#N)(N=Cc2ccccc2)CC(C)(C)N1. The van der Waals surface area contributed by atoms with E-state index >= 15 is 0 Å². The molecule has 20 heavy (non-hydrogen) atoms. The van der Waals surface area contributed by atoms with Crippen molar-refractivity contribution in [2.45, 2.75) is 57.2 Å². The van der Waals surface area contributed by atoms with E-state index in [-0.39, 0.29) is 11.1 Å². The zero-order valence-corrected chi connectivity index (χ0v) is 12.8. The highest BCUT2D eigenvalue weighted by atomic mass is 15.1. The van der Waals surface area contributed by atoms with E-state index < -0.39 is 5.54 Å². The Morgan fingerprint density at radius 3 is 2.15 bits per heavy atom. The molecule has 1 N–H and O–H groups in total. The summed E-state index contributed by atoms with van der Waals surface area (Å²) in [5, 5.41) is 13.3. The molecule has 0 amide bonds. The standard InChI is InChI=1S/C17H23N3/c1-15(2)11-17(13-18,12-16(3,4)20-15)19-10-14-8-6-5-7-9-14/h5-10,20H,11-12H2,1-4H3. The van der Waals surface area contributed by atoms with Crippen LogP contribution in [0.25, 0.3) is 0 Å². The van der Waals surface area contributed by atoms with Crippen LogP contribution in [0.5, 0.6) is 0 Å². The van der Waals surface area contributed by atoms with Gasteiger partial charge in [-0.05, 0) is 33.3 Å². The number of aliphatic imine (C=N–C) groups is 1. The van der Waals surface area contributed by atoms with Gasteiger partial charge in [-0.3, -0.25) is 4.99 Å². The molecule has 0 bridgehead atoms. The van der Waals surface area contributed by atoms with E-state index in [1.807, 2.05) is 36.5 Å². The quantitative estimate of drug-likeness (QED) is 0.837. The van der Waals surface area contributed by atoms with Gasteiger partial charge in [0.1, 0.15) is 5.54 Å². The Balaban J connectivity index is 2.30. The molecule has 0 radical (unpaired) electrons. The van der Waals surface area contributed by atoms with E-state index in [0.717, 1.165) is 18.4 Å². The molecule has 2 rings (SSSR count). The van der Waals surface area contributed by atoms with E-state index in [9.17, 15) is 5.26 Å². The van der Waals surface area contributed by atoms with Crippen molar-refractivity contribution in [1.82, 2.24) is 5.32 Å². The van der Waals surface area contributed by atoms with Crippen LogP contribution in [0, 0.1) is 11.3 Å². The van der Waals surface area contributed by atoms with Crippen LogP contribution in [0.2, 0.25) is 0 Å². The van der Waals surface area contributed by atoms with Crippen molar-refractivity contribution >= 4 is 6.21 Å². The predicted octanol–water partition coefficient (Wildman–Crippen LogP) is 3.31. The molecule has 1 aromatic carbocycles. The van der Waals surface area contributed by atoms with Gasteiger partial charge in [0.05, 0.1) is 6.07 Å². The van der Waals surface area contributed by atoms with E-state index in [1.165, 1.54) is 0 Å². The van der Waals surface area contributed by atoms with Crippen molar-refractivity contribution in [2.75, 3.05) is 0 Å². The molecule has 3 nitrogen and oxygen atoms in total. The molecule has 3 heteroatoms. The normalized spacial score (nSPS) is 23.4. The van der Waals surface area contributed by atoms with Gasteiger partial charge < -0.3 is 5.32 Å². The Bertz CT molecular complexity index is 519. The fourth-order valence-electron chi connectivity index (χ4n) is 3.47. The molecular formula is C17H23N3. The average molecular weight is 269 g/mol. The minimum Gasteiger partial charge on any atom is -0.307 e. The van der Waals surface area contributed by atoms with Gasteiger partial charge in [0.2, 0.25) is 0 Å². The molecule has 1 aliphatic rings. The van der Waals surface area contributed by atoms with Gasteiger partial charge in [0, 0.05) is 30.1 Å². The molecule has 1 fully saturated rings. The second kappa shape index (κ2) is 5.03. The number of piperidine rings is 1. The highest BCUT2D eigenvalue weighted by Gasteiger charge is 2.47. The maximum absolute atomic E-state index is 9.69. The largest absolute Gasteiger partial charge is 0.307 e. The van der Waals surface area contributed by atoms with Gasteiger partial charge in [-0.1, -0.05) is 30.3 Å². The third-order valence-electron chi connectivity index (χ3n) is 3.61. The lowest BCUT2D eigenvalue weighted by molar-refractivity contribution is 0.135. The van der Waals surface area contributed by atoms with Crippen LogP contribution in [-0.4, -0.2) is 22.8 Å². The molecule has 0 unspecified atom stereocenters. The van der Waals surface area contributed by atoms with E-state index in [0.29, 0.717) is 0 Å². The number of rotatable bonds is 2. The van der Waals surface area contributed by atoms with Gasteiger partial charge in [0.25, 0.3) is 0 Å². The van der Waals surface area contributed by atoms with Gasteiger partial charge in [-0.2, -0.15) is 5.26 Å². The molecule has 0 saturated carbocycles. The number of nitrogens with one attached hydrogen (secondary N) is 1. The molecule has 0 aromatic heterocycles. The summed E-state index contributed by atoms with van der Waals surface area (Å²) >= 11 is 0. The summed E-state index contributed by atoms with van der Waals surface area (Å²) in [6.07, 6.45) is 3.28. The molecule has 106 valence electrons. The smallest absolute Gasteiger partial charge is 0.150 e. The molecule has 1 aromatic rings. The molecule has 0 aliphatic carbocycles. The topological polar surface area (TPSA) is 48.2 Å². The van der Waals surface area contributed by atoms with Crippen LogP contribution < -0.4 is 5.32 Å². The summed E-state index contributed by atoms with van der Waals surface area (Å²) in [7, 11) is 0. The first-order chi connectivity index (χ1) is 9.26. The lowest BCUT2D eigenvalue weighted by atomic mass is 9.72. The number of nitriles is 1. The molecular weight excluding hydrogens is 246 g/mol. The lowest BCUT2D eigenvalue weighted by Gasteiger charge is -2.48. The van der Waals surface area contributed by atoms with Crippen molar-refractivity contribution in [3.05, 3.63) is 35.9 Å². The van der Waals surface area contributed by atoms with Crippen molar-refractivity contribution in [1.29, 1.82) is 5.26 Å². The number of nitrogens with zero attached hydrogens (tertiary/aromatic N) is 2. The molecule has 1 heterocycles. The minimum atomic E-state index is -0.645. The van der Waals surface area contributed by atoms with Crippen molar-refractivity contribution in [3.63, 3.8) is 0 Å². The first-order valence-electron chi connectivity index (χ1n) is 7.07. The summed E-state index contributed by atoms with van der Waals surface area (Å²) in [5.41, 5.74) is 0.210. The monoisotopic (exact) mass is 269 g/mol. The fraction of sp³-hybridized carbons (Fsp3) is 0.529. The van der Waals surface area contributed by atoms with Crippen molar-refractivity contribution in [2.24, 2.45) is 4.99 Å². The van der Waals surface area contributed by atoms with Crippen LogP contribution in [0.4, 0.5) is 0 Å². The van der Waals surface area contributed by atoms with Gasteiger partial charge in [-0.25, -0.2) is 0 Å². The highest BCUT2D eigenvalue weighted by molar-refractivity contribution is 5.80. The Labute approximate surface area is 121 Å². The Kier molecular flexibility index (Phi) is 3.71. The second-order valence-electron chi connectivity index (χ2n) is 7.06. The van der Waals surface area contributed by atoms with E-state index in [4.69, 9.17) is 0 Å². The van der Waals surface area contributed by atoms with Crippen LogP contribution in [0.1, 0.15) is 46.1 Å². The minimum absolute atomic E-state index is 0.0918. The maximum Gasteiger partial charge on any atom is 0.150 e. The van der Waals surface area contributed by atoms with Crippen molar-refractivity contribution in [3.8, 4) is 6.07 Å². The third-order valence-corrected chi connectivity index (χ3v) is 3.61. The summed E-state index contributed by atoms with van der Waals surface area (Å²) in [6, 6.07) is 12.4. The van der Waals surface area contributed by atoms with Crippen LogP contribution >= 0.6 is 0 Å². The third kappa shape index (κ3) is 3.46. The Hall–Kier alpha value is -1.66. The highest BCUT2D eigenvalue weighted by Crippen LogP contribution is 2.38. The van der Waals surface area contributed by atoms with Crippen LogP contribution in [0.15, 0.2) is 35.3 Å². The molecule has 1 saturated heterocycles. The van der Waals surface area contributed by atoms with E-state index in [2.05, 4.69) is 44.1 Å². The summed E-state index contributed by atoms with van der Waals surface area (Å²) in [6.45, 7) is 8.55. The van der Waals surface area contributed by atoms with Crippen LogP contribution in [-0.2, 0) is 0 Å². The number of benzene rings is 1. The van der Waals surface area contributed by atoms with Crippen molar-refractivity contribution < 1.29 is 0 Å². The zero-order chi connectivity index (χ0) is 14.9. The molecule has 1 aliphatic heterocycles. The second-order valence-corrected chi connectivity index (χ2v) is 7.06. The first kappa shape index (κ1) is 14.7. The molecule has 0 atom stereocenters. The maximum atomic E-state index is 9.69. The zero-order valence-electron chi connectivity index (χ0n) is 12.8. The molecule has 0 spiro atoms. The van der Waals surface area contributed by atoms with Crippen LogP contribution in [0.3, 0.4) is 0 Å². The fourth-order valence-corrected chi connectivity index (χ4v) is 3.47.